The fourth-order valence-corrected chi connectivity index (χ4v) is 3.51. The Bertz CT molecular complexity index is 696. The number of carbonyl (C=O) groups excluding carboxylic acids is 2. The molecule has 0 saturated carbocycles. The van der Waals surface area contributed by atoms with Crippen molar-refractivity contribution in [3.8, 4) is 0 Å². The summed E-state index contributed by atoms with van der Waals surface area (Å²) < 4.78 is 5.51. The fraction of sp³-hybridized carbons (Fsp3) is 0.579. The van der Waals surface area contributed by atoms with Gasteiger partial charge in [-0.2, -0.15) is 0 Å². The van der Waals surface area contributed by atoms with Crippen molar-refractivity contribution in [3.05, 3.63) is 29.3 Å². The van der Waals surface area contributed by atoms with Gasteiger partial charge in [0.25, 0.3) is 0 Å². The van der Waals surface area contributed by atoms with Crippen molar-refractivity contribution < 1.29 is 14.3 Å². The van der Waals surface area contributed by atoms with Gasteiger partial charge in [0, 0.05) is 18.8 Å². The number of hydrogen-bond donors (Lipinski definition) is 1. The molecule has 0 radical (unpaired) electrons. The van der Waals surface area contributed by atoms with E-state index >= 15 is 0 Å². The van der Waals surface area contributed by atoms with Gasteiger partial charge in [-0.3, -0.25) is 4.79 Å². The number of nitrogens with two attached hydrogens (primary N) is 1. The predicted octanol–water partition coefficient (Wildman–Crippen LogP) is 2.60. The quantitative estimate of drug-likeness (QED) is 0.849. The molecule has 0 aliphatic carbocycles. The molecule has 6 heteroatoms. The zero-order valence-corrected chi connectivity index (χ0v) is 15.4. The Hall–Kier alpha value is -2.08. The van der Waals surface area contributed by atoms with Crippen LogP contribution < -0.4 is 10.6 Å². The second-order valence-electron chi connectivity index (χ2n) is 7.87. The highest BCUT2D eigenvalue weighted by Crippen LogP contribution is 2.34. The van der Waals surface area contributed by atoms with Gasteiger partial charge in [0.05, 0.1) is 12.1 Å². The summed E-state index contributed by atoms with van der Waals surface area (Å²) in [6.45, 7) is 8.91. The highest BCUT2D eigenvalue weighted by atomic mass is 16.6. The van der Waals surface area contributed by atoms with E-state index in [1.54, 1.807) is 9.80 Å². The van der Waals surface area contributed by atoms with Crippen LogP contribution in [-0.4, -0.2) is 41.6 Å². The molecule has 2 atom stereocenters. The van der Waals surface area contributed by atoms with Gasteiger partial charge in [-0.05, 0) is 63.8 Å². The van der Waals surface area contributed by atoms with Gasteiger partial charge in [0.2, 0.25) is 5.91 Å². The van der Waals surface area contributed by atoms with Crippen LogP contribution in [0.3, 0.4) is 0 Å². The maximum atomic E-state index is 12.4. The monoisotopic (exact) mass is 345 g/mol. The first-order valence-electron chi connectivity index (χ1n) is 8.87. The van der Waals surface area contributed by atoms with Crippen molar-refractivity contribution in [1.82, 2.24) is 4.90 Å². The molecule has 1 saturated heterocycles. The average molecular weight is 345 g/mol. The molecule has 2 aliphatic rings. The number of rotatable bonds is 1. The maximum absolute atomic E-state index is 12.4. The van der Waals surface area contributed by atoms with E-state index in [9.17, 15) is 9.59 Å². The van der Waals surface area contributed by atoms with Crippen molar-refractivity contribution in [2.45, 2.75) is 58.2 Å². The molecule has 1 aromatic carbocycles. The van der Waals surface area contributed by atoms with Crippen LogP contribution in [0.2, 0.25) is 0 Å². The molecule has 2 aliphatic heterocycles. The van der Waals surface area contributed by atoms with Gasteiger partial charge in [-0.25, -0.2) is 4.79 Å². The topological polar surface area (TPSA) is 75.9 Å². The van der Waals surface area contributed by atoms with Crippen molar-refractivity contribution in [2.75, 3.05) is 18.0 Å². The molecule has 2 N–H and O–H groups in total. The first-order chi connectivity index (χ1) is 11.7. The average Bonchev–Trinajstić information content (AvgIpc) is 2.85. The van der Waals surface area contributed by atoms with Crippen LogP contribution in [0.25, 0.3) is 0 Å². The summed E-state index contributed by atoms with van der Waals surface area (Å²) >= 11 is 0. The van der Waals surface area contributed by atoms with Crippen molar-refractivity contribution >= 4 is 17.7 Å². The van der Waals surface area contributed by atoms with Crippen molar-refractivity contribution in [1.29, 1.82) is 0 Å². The molecular weight excluding hydrogens is 318 g/mol. The lowest BCUT2D eigenvalue weighted by atomic mass is 9.93. The lowest BCUT2D eigenvalue weighted by molar-refractivity contribution is -0.118. The minimum absolute atomic E-state index is 0.0146. The third-order valence-corrected chi connectivity index (χ3v) is 4.85. The molecule has 1 unspecified atom stereocenters. The molecule has 25 heavy (non-hydrogen) atoms. The molecule has 2 heterocycles. The SMILES string of the molecule is CC1c2ccc(N3CC[C@H](N)C3=O)cc2CCN1C(=O)OC(C)(C)C. The normalized spacial score (nSPS) is 23.6. The van der Waals surface area contributed by atoms with Crippen LogP contribution in [0.4, 0.5) is 10.5 Å². The van der Waals surface area contributed by atoms with Crippen LogP contribution in [0.5, 0.6) is 0 Å². The van der Waals surface area contributed by atoms with Crippen LogP contribution in [-0.2, 0) is 16.0 Å². The molecule has 0 bridgehead atoms. The first-order valence-corrected chi connectivity index (χ1v) is 8.87. The Labute approximate surface area is 148 Å². The lowest BCUT2D eigenvalue weighted by Gasteiger charge is -2.36. The molecule has 2 amide bonds. The number of nitrogens with zero attached hydrogens (tertiary/aromatic N) is 2. The summed E-state index contributed by atoms with van der Waals surface area (Å²) in [4.78, 5) is 28.1. The standard InChI is InChI=1S/C19H27N3O3/c1-12-15-6-5-14(22-10-8-16(20)17(22)23)11-13(15)7-9-21(12)18(24)25-19(2,3)4/h5-6,11-12,16H,7-10,20H2,1-4H3/t12?,16-/m0/s1. The van der Waals surface area contributed by atoms with E-state index in [0.717, 1.165) is 17.7 Å². The first kappa shape index (κ1) is 17.7. The zero-order chi connectivity index (χ0) is 18.4. The van der Waals surface area contributed by atoms with Crippen LogP contribution in [0.1, 0.15) is 51.3 Å². The number of fused-ring (bicyclic) bond motifs is 1. The van der Waals surface area contributed by atoms with Gasteiger partial charge in [-0.15, -0.1) is 0 Å². The molecular formula is C19H27N3O3. The molecule has 1 aromatic rings. The Morgan fingerprint density at radius 3 is 2.60 bits per heavy atom. The van der Waals surface area contributed by atoms with E-state index < -0.39 is 11.6 Å². The van der Waals surface area contributed by atoms with E-state index in [1.165, 1.54) is 5.56 Å². The van der Waals surface area contributed by atoms with Gasteiger partial charge >= 0.3 is 6.09 Å². The molecule has 136 valence electrons. The molecule has 0 aromatic heterocycles. The number of ether oxygens (including phenoxy) is 1. The Kier molecular flexibility index (Phi) is 4.49. The number of anilines is 1. The summed E-state index contributed by atoms with van der Waals surface area (Å²) in [6.07, 6.45) is 1.16. The van der Waals surface area contributed by atoms with Crippen LogP contribution in [0.15, 0.2) is 18.2 Å². The second kappa shape index (κ2) is 6.33. The van der Waals surface area contributed by atoms with E-state index in [0.29, 0.717) is 19.5 Å². The van der Waals surface area contributed by atoms with Crippen LogP contribution >= 0.6 is 0 Å². The maximum Gasteiger partial charge on any atom is 0.410 e. The second-order valence-corrected chi connectivity index (χ2v) is 7.87. The predicted molar refractivity (Wildman–Crippen MR) is 96.4 cm³/mol. The van der Waals surface area contributed by atoms with E-state index in [-0.39, 0.29) is 18.0 Å². The van der Waals surface area contributed by atoms with Crippen molar-refractivity contribution in [3.63, 3.8) is 0 Å². The van der Waals surface area contributed by atoms with Gasteiger partial charge in [0.15, 0.2) is 0 Å². The largest absolute Gasteiger partial charge is 0.444 e. The number of benzene rings is 1. The number of hydrogen-bond acceptors (Lipinski definition) is 4. The minimum atomic E-state index is -0.504. The third-order valence-electron chi connectivity index (χ3n) is 4.85. The Morgan fingerprint density at radius 1 is 1.28 bits per heavy atom. The van der Waals surface area contributed by atoms with E-state index in [2.05, 4.69) is 6.07 Å². The fourth-order valence-electron chi connectivity index (χ4n) is 3.51. The summed E-state index contributed by atoms with van der Waals surface area (Å²) in [5, 5.41) is 0. The highest BCUT2D eigenvalue weighted by Gasteiger charge is 2.33. The van der Waals surface area contributed by atoms with E-state index in [4.69, 9.17) is 10.5 Å². The van der Waals surface area contributed by atoms with E-state index in [1.807, 2.05) is 39.8 Å². The van der Waals surface area contributed by atoms with Gasteiger partial charge in [-0.1, -0.05) is 6.07 Å². The molecule has 3 rings (SSSR count). The zero-order valence-electron chi connectivity index (χ0n) is 15.4. The lowest BCUT2D eigenvalue weighted by Crippen LogP contribution is -2.42. The summed E-state index contributed by atoms with van der Waals surface area (Å²) in [5.41, 5.74) is 8.50. The highest BCUT2D eigenvalue weighted by molar-refractivity contribution is 5.99. The minimum Gasteiger partial charge on any atom is -0.444 e. The summed E-state index contributed by atoms with van der Waals surface area (Å²) in [6, 6.07) is 5.59. The summed E-state index contributed by atoms with van der Waals surface area (Å²) in [5.74, 6) is -0.0146. The Morgan fingerprint density at radius 2 is 2.00 bits per heavy atom. The van der Waals surface area contributed by atoms with Gasteiger partial charge < -0.3 is 20.3 Å². The summed E-state index contributed by atoms with van der Waals surface area (Å²) in [7, 11) is 0. The third kappa shape index (κ3) is 3.49. The smallest absolute Gasteiger partial charge is 0.410 e. The van der Waals surface area contributed by atoms with Gasteiger partial charge in [0.1, 0.15) is 5.60 Å². The Balaban J connectivity index is 1.80. The van der Waals surface area contributed by atoms with Crippen molar-refractivity contribution in [2.24, 2.45) is 5.73 Å². The molecule has 1 fully saturated rings. The number of amides is 2. The number of carbonyl (C=O) groups is 2. The van der Waals surface area contributed by atoms with Crippen LogP contribution in [0, 0.1) is 0 Å². The molecule has 6 nitrogen and oxygen atoms in total. The molecule has 0 spiro atoms.